The second kappa shape index (κ2) is 4.45. The zero-order valence-corrected chi connectivity index (χ0v) is 10.5. The van der Waals surface area contributed by atoms with E-state index in [0.717, 1.165) is 30.2 Å². The van der Waals surface area contributed by atoms with Gasteiger partial charge in [-0.3, -0.25) is 4.79 Å². The molecule has 16 heavy (non-hydrogen) atoms. The van der Waals surface area contributed by atoms with Crippen LogP contribution in [0, 0.1) is 0 Å². The summed E-state index contributed by atoms with van der Waals surface area (Å²) in [5.41, 5.74) is 4.65. The Hall–Kier alpha value is -1.03. The van der Waals surface area contributed by atoms with Gasteiger partial charge >= 0.3 is 0 Å². The lowest BCUT2D eigenvalue weighted by Crippen LogP contribution is -2.46. The summed E-state index contributed by atoms with van der Waals surface area (Å²) in [5.74, 6) is 0.333. The van der Waals surface area contributed by atoms with Crippen molar-refractivity contribution < 1.29 is 9.53 Å². The highest BCUT2D eigenvalue weighted by Crippen LogP contribution is 2.34. The summed E-state index contributed by atoms with van der Waals surface area (Å²) >= 11 is 3.37. The van der Waals surface area contributed by atoms with Crippen LogP contribution >= 0.6 is 15.9 Å². The molecule has 0 saturated heterocycles. The monoisotopic (exact) mass is 283 g/mol. The second-order valence-corrected chi connectivity index (χ2v) is 5.04. The molecule has 1 aromatic rings. The van der Waals surface area contributed by atoms with Crippen molar-refractivity contribution >= 4 is 21.8 Å². The van der Waals surface area contributed by atoms with Crippen LogP contribution in [0.2, 0.25) is 0 Å². The minimum Gasteiger partial charge on any atom is -0.477 e. The topological polar surface area (TPSA) is 52.3 Å². The van der Waals surface area contributed by atoms with Gasteiger partial charge in [0.05, 0.1) is 0 Å². The van der Waals surface area contributed by atoms with Crippen LogP contribution in [0.25, 0.3) is 0 Å². The molecular formula is C12H14BrNO2. The van der Waals surface area contributed by atoms with Crippen LogP contribution < -0.4 is 10.5 Å². The number of nitrogens with two attached hydrogens (primary N) is 1. The van der Waals surface area contributed by atoms with Crippen LogP contribution in [0.3, 0.4) is 0 Å². The highest BCUT2D eigenvalue weighted by Gasteiger charge is 2.42. The molecule has 1 fully saturated rings. The van der Waals surface area contributed by atoms with Crippen molar-refractivity contribution in [3.63, 3.8) is 0 Å². The van der Waals surface area contributed by atoms with E-state index in [-0.39, 0.29) is 5.91 Å². The minimum absolute atomic E-state index is 0.357. The molecule has 4 heteroatoms. The van der Waals surface area contributed by atoms with E-state index in [0.29, 0.717) is 5.75 Å². The number of halogens is 1. The lowest BCUT2D eigenvalue weighted by molar-refractivity contribution is -0.132. The third kappa shape index (κ3) is 2.21. The number of ether oxygens (including phenoxy) is 1. The highest BCUT2D eigenvalue weighted by molar-refractivity contribution is 9.10. The van der Waals surface area contributed by atoms with Gasteiger partial charge in [0.25, 0.3) is 5.91 Å². The molecule has 2 N–H and O–H groups in total. The zero-order chi connectivity index (χ0) is 11.6. The van der Waals surface area contributed by atoms with E-state index in [1.165, 1.54) is 0 Å². The molecule has 86 valence electrons. The van der Waals surface area contributed by atoms with Gasteiger partial charge in [0.1, 0.15) is 5.75 Å². The molecule has 1 aliphatic rings. The van der Waals surface area contributed by atoms with Crippen molar-refractivity contribution in [2.45, 2.75) is 31.3 Å². The quantitative estimate of drug-likeness (QED) is 0.927. The van der Waals surface area contributed by atoms with Crippen molar-refractivity contribution in [3.05, 3.63) is 28.7 Å². The first kappa shape index (κ1) is 11.5. The number of primary amides is 1. The highest BCUT2D eigenvalue weighted by atomic mass is 79.9. The first-order valence-electron chi connectivity index (χ1n) is 5.37. The molecule has 1 aliphatic carbocycles. The van der Waals surface area contributed by atoms with E-state index in [4.69, 9.17) is 10.5 Å². The van der Waals surface area contributed by atoms with Gasteiger partial charge in [-0.15, -0.1) is 0 Å². The number of carbonyl (C=O) groups is 1. The normalized spacial score (nSPS) is 18.3. The summed E-state index contributed by atoms with van der Waals surface area (Å²) in [4.78, 5) is 11.5. The maximum absolute atomic E-state index is 11.5. The third-order valence-corrected chi connectivity index (χ3v) is 3.46. The third-order valence-electron chi connectivity index (χ3n) is 2.97. The van der Waals surface area contributed by atoms with E-state index in [1.54, 1.807) is 0 Å². The van der Waals surface area contributed by atoms with Gasteiger partial charge in [-0.1, -0.05) is 22.0 Å². The molecule has 0 aliphatic heterocycles. The first-order valence-corrected chi connectivity index (χ1v) is 6.16. The summed E-state index contributed by atoms with van der Waals surface area (Å²) in [6, 6.07) is 7.48. The standard InChI is InChI=1S/C12H14BrNO2/c13-9-4-3-5-10(8-9)16-12(11(14)15)6-1-2-7-12/h3-5,8H,1-2,6-7H2,(H2,14,15). The Bertz CT molecular complexity index is 400. The molecule has 0 radical (unpaired) electrons. The van der Waals surface area contributed by atoms with Gasteiger partial charge in [-0.05, 0) is 43.9 Å². The molecule has 0 bridgehead atoms. The molecule has 1 saturated carbocycles. The molecule has 0 spiro atoms. The molecule has 3 nitrogen and oxygen atoms in total. The molecular weight excluding hydrogens is 270 g/mol. The molecule has 0 atom stereocenters. The van der Waals surface area contributed by atoms with Crippen LogP contribution in [0.5, 0.6) is 5.75 Å². The van der Waals surface area contributed by atoms with Crippen molar-refractivity contribution in [3.8, 4) is 5.75 Å². The van der Waals surface area contributed by atoms with Crippen molar-refractivity contribution in [1.82, 2.24) is 0 Å². The number of benzene rings is 1. The largest absolute Gasteiger partial charge is 0.477 e. The number of amides is 1. The fourth-order valence-electron chi connectivity index (χ4n) is 2.10. The van der Waals surface area contributed by atoms with Crippen LogP contribution in [-0.4, -0.2) is 11.5 Å². The average molecular weight is 284 g/mol. The Balaban J connectivity index is 2.21. The van der Waals surface area contributed by atoms with Crippen LogP contribution in [-0.2, 0) is 4.79 Å². The Morgan fingerprint density at radius 1 is 1.38 bits per heavy atom. The lowest BCUT2D eigenvalue weighted by Gasteiger charge is -2.26. The zero-order valence-electron chi connectivity index (χ0n) is 8.91. The molecule has 2 rings (SSSR count). The number of rotatable bonds is 3. The molecule has 0 heterocycles. The van der Waals surface area contributed by atoms with Crippen molar-refractivity contribution in [1.29, 1.82) is 0 Å². The Morgan fingerprint density at radius 3 is 2.62 bits per heavy atom. The Morgan fingerprint density at radius 2 is 2.06 bits per heavy atom. The molecule has 1 aromatic carbocycles. The fourth-order valence-corrected chi connectivity index (χ4v) is 2.48. The van der Waals surface area contributed by atoms with Gasteiger partial charge < -0.3 is 10.5 Å². The van der Waals surface area contributed by atoms with Gasteiger partial charge in [-0.25, -0.2) is 0 Å². The summed E-state index contributed by atoms with van der Waals surface area (Å²) < 4.78 is 6.73. The molecule has 0 aromatic heterocycles. The number of hydrogen-bond acceptors (Lipinski definition) is 2. The summed E-state index contributed by atoms with van der Waals surface area (Å²) in [7, 11) is 0. The summed E-state index contributed by atoms with van der Waals surface area (Å²) in [6.07, 6.45) is 3.43. The van der Waals surface area contributed by atoms with Crippen molar-refractivity contribution in [2.75, 3.05) is 0 Å². The van der Waals surface area contributed by atoms with E-state index in [2.05, 4.69) is 15.9 Å². The fraction of sp³-hybridized carbons (Fsp3) is 0.417. The van der Waals surface area contributed by atoms with Crippen LogP contribution in [0.15, 0.2) is 28.7 Å². The van der Waals surface area contributed by atoms with Crippen molar-refractivity contribution in [2.24, 2.45) is 5.73 Å². The van der Waals surface area contributed by atoms with Crippen LogP contribution in [0.4, 0.5) is 0 Å². The van der Waals surface area contributed by atoms with Crippen LogP contribution in [0.1, 0.15) is 25.7 Å². The smallest absolute Gasteiger partial charge is 0.261 e. The van der Waals surface area contributed by atoms with Gasteiger partial charge in [-0.2, -0.15) is 0 Å². The van der Waals surface area contributed by atoms with E-state index in [9.17, 15) is 4.79 Å². The predicted octanol–water partition coefficient (Wildman–Crippen LogP) is 2.63. The predicted molar refractivity (Wildman–Crippen MR) is 65.2 cm³/mol. The van der Waals surface area contributed by atoms with Gasteiger partial charge in [0.15, 0.2) is 5.60 Å². The Labute approximate surface area is 103 Å². The number of carbonyl (C=O) groups excluding carboxylic acids is 1. The summed E-state index contributed by atoms with van der Waals surface area (Å²) in [6.45, 7) is 0. The second-order valence-electron chi connectivity index (χ2n) is 4.13. The molecule has 0 unspecified atom stereocenters. The van der Waals surface area contributed by atoms with E-state index < -0.39 is 5.60 Å². The van der Waals surface area contributed by atoms with E-state index in [1.807, 2.05) is 24.3 Å². The van der Waals surface area contributed by atoms with E-state index >= 15 is 0 Å². The average Bonchev–Trinajstić information content (AvgIpc) is 2.67. The maximum atomic E-state index is 11.5. The maximum Gasteiger partial charge on any atom is 0.261 e. The van der Waals surface area contributed by atoms with Gasteiger partial charge in [0.2, 0.25) is 0 Å². The SMILES string of the molecule is NC(=O)C1(Oc2cccc(Br)c2)CCCC1. The first-order chi connectivity index (χ1) is 7.62. The lowest BCUT2D eigenvalue weighted by atomic mass is 10.0. The Kier molecular flexibility index (Phi) is 3.19. The molecule has 1 amide bonds. The number of hydrogen-bond donors (Lipinski definition) is 1. The minimum atomic E-state index is -0.791. The summed E-state index contributed by atoms with van der Waals surface area (Å²) in [5, 5.41) is 0. The van der Waals surface area contributed by atoms with Gasteiger partial charge in [0, 0.05) is 4.47 Å².